The molecule has 2 heterocycles. The van der Waals surface area contributed by atoms with E-state index in [-0.39, 0.29) is 17.9 Å². The monoisotopic (exact) mass is 333 g/mol. The first-order chi connectivity index (χ1) is 10.8. The highest BCUT2D eigenvalue weighted by Crippen LogP contribution is 2.26. The molecule has 2 aromatic rings. The fourth-order valence-electron chi connectivity index (χ4n) is 3.22. The van der Waals surface area contributed by atoms with Crippen LogP contribution in [0, 0.1) is 6.92 Å². The van der Waals surface area contributed by atoms with Crippen molar-refractivity contribution in [2.45, 2.75) is 45.2 Å². The summed E-state index contributed by atoms with van der Waals surface area (Å²) in [5, 5.41) is 7.41. The van der Waals surface area contributed by atoms with Crippen molar-refractivity contribution in [3.05, 3.63) is 34.5 Å². The molecule has 1 aliphatic rings. The lowest BCUT2D eigenvalue weighted by Gasteiger charge is -2.39. The summed E-state index contributed by atoms with van der Waals surface area (Å²) in [6.45, 7) is 5.72. The van der Waals surface area contributed by atoms with Crippen molar-refractivity contribution >= 4 is 34.3 Å². The van der Waals surface area contributed by atoms with Gasteiger partial charge in [0, 0.05) is 28.0 Å². The lowest BCUT2D eigenvalue weighted by Crippen LogP contribution is -2.62. The number of H-pyrrole nitrogens is 1. The minimum absolute atomic E-state index is 0.0237. The average Bonchev–Trinajstić information content (AvgIpc) is 2.76. The van der Waals surface area contributed by atoms with Crippen LogP contribution in [0.25, 0.3) is 10.9 Å². The Morgan fingerprint density at radius 1 is 1.39 bits per heavy atom. The summed E-state index contributed by atoms with van der Waals surface area (Å²) in [5.74, 6) is -0.124. The van der Waals surface area contributed by atoms with E-state index >= 15 is 0 Å². The molecule has 1 saturated heterocycles. The standard InChI is InChI=1S/C17H20ClN3O2/c1-9-15(11-8-10(18)4-5-12(11)19-9)16(23)20-13-6-7-14(22)21-17(13,2)3/h4-5,8,13,19H,6-7H2,1-3H3,(H,20,23)(H,21,22). The van der Waals surface area contributed by atoms with Gasteiger partial charge in [-0.3, -0.25) is 9.59 Å². The van der Waals surface area contributed by atoms with Gasteiger partial charge in [0.2, 0.25) is 5.91 Å². The third-order valence-corrected chi connectivity index (χ3v) is 4.71. The van der Waals surface area contributed by atoms with E-state index in [4.69, 9.17) is 11.6 Å². The van der Waals surface area contributed by atoms with E-state index in [2.05, 4.69) is 15.6 Å². The summed E-state index contributed by atoms with van der Waals surface area (Å²) in [4.78, 5) is 27.6. The van der Waals surface area contributed by atoms with Crippen molar-refractivity contribution < 1.29 is 9.59 Å². The number of hydrogen-bond donors (Lipinski definition) is 3. The van der Waals surface area contributed by atoms with Gasteiger partial charge in [-0.2, -0.15) is 0 Å². The van der Waals surface area contributed by atoms with Crippen LogP contribution in [-0.4, -0.2) is 28.4 Å². The Kier molecular flexibility index (Phi) is 3.84. The minimum atomic E-state index is -0.470. The number of fused-ring (bicyclic) bond motifs is 1. The van der Waals surface area contributed by atoms with Crippen LogP contribution < -0.4 is 10.6 Å². The molecular weight excluding hydrogens is 314 g/mol. The van der Waals surface area contributed by atoms with Crippen LogP contribution in [0.15, 0.2) is 18.2 Å². The lowest BCUT2D eigenvalue weighted by atomic mass is 9.86. The van der Waals surface area contributed by atoms with Gasteiger partial charge in [-0.25, -0.2) is 0 Å². The van der Waals surface area contributed by atoms with Gasteiger partial charge < -0.3 is 15.6 Å². The van der Waals surface area contributed by atoms with Crippen molar-refractivity contribution in [2.24, 2.45) is 0 Å². The van der Waals surface area contributed by atoms with Crippen LogP contribution in [0.1, 0.15) is 42.7 Å². The Hall–Kier alpha value is -2.01. The Balaban J connectivity index is 1.91. The normalized spacial score (nSPS) is 20.3. The summed E-state index contributed by atoms with van der Waals surface area (Å²) in [6, 6.07) is 5.34. The number of aromatic nitrogens is 1. The average molecular weight is 334 g/mol. The summed E-state index contributed by atoms with van der Waals surface area (Å²) in [5.41, 5.74) is 1.82. The van der Waals surface area contributed by atoms with E-state index in [9.17, 15) is 9.59 Å². The highest BCUT2D eigenvalue weighted by atomic mass is 35.5. The molecule has 1 fully saturated rings. The first-order valence-corrected chi connectivity index (χ1v) is 8.05. The zero-order valence-corrected chi connectivity index (χ0v) is 14.2. The van der Waals surface area contributed by atoms with Gasteiger partial charge in [-0.15, -0.1) is 0 Å². The van der Waals surface area contributed by atoms with E-state index in [1.165, 1.54) is 0 Å². The van der Waals surface area contributed by atoms with Gasteiger partial charge in [0.25, 0.3) is 5.91 Å². The number of piperidine rings is 1. The topological polar surface area (TPSA) is 74.0 Å². The molecule has 1 aliphatic heterocycles. The first-order valence-electron chi connectivity index (χ1n) is 7.67. The Morgan fingerprint density at radius 2 is 2.13 bits per heavy atom. The van der Waals surface area contributed by atoms with Gasteiger partial charge in [-0.05, 0) is 45.4 Å². The SMILES string of the molecule is Cc1[nH]c2ccc(Cl)cc2c1C(=O)NC1CCC(=O)NC1(C)C. The number of rotatable bonds is 2. The molecule has 0 spiro atoms. The molecule has 3 rings (SSSR count). The number of aryl methyl sites for hydroxylation is 1. The fraction of sp³-hybridized carbons (Fsp3) is 0.412. The maximum Gasteiger partial charge on any atom is 0.254 e. The number of carbonyl (C=O) groups is 2. The third kappa shape index (κ3) is 2.93. The largest absolute Gasteiger partial charge is 0.358 e. The summed E-state index contributed by atoms with van der Waals surface area (Å²) in [6.07, 6.45) is 1.06. The number of aromatic amines is 1. The smallest absolute Gasteiger partial charge is 0.254 e. The zero-order chi connectivity index (χ0) is 16.8. The predicted molar refractivity (Wildman–Crippen MR) is 90.8 cm³/mol. The maximum absolute atomic E-state index is 12.8. The van der Waals surface area contributed by atoms with Crippen molar-refractivity contribution in [3.8, 4) is 0 Å². The number of nitrogens with one attached hydrogen (secondary N) is 3. The second-order valence-corrected chi connectivity index (χ2v) is 7.09. The number of hydrogen-bond acceptors (Lipinski definition) is 2. The van der Waals surface area contributed by atoms with Crippen molar-refractivity contribution in [2.75, 3.05) is 0 Å². The van der Waals surface area contributed by atoms with E-state index in [0.717, 1.165) is 16.6 Å². The molecule has 1 aromatic carbocycles. The van der Waals surface area contributed by atoms with Crippen molar-refractivity contribution in [1.29, 1.82) is 0 Å². The van der Waals surface area contributed by atoms with Gasteiger partial charge in [-0.1, -0.05) is 11.6 Å². The summed E-state index contributed by atoms with van der Waals surface area (Å²) < 4.78 is 0. The van der Waals surface area contributed by atoms with Gasteiger partial charge in [0.05, 0.1) is 17.1 Å². The molecule has 0 bridgehead atoms. The van der Waals surface area contributed by atoms with Crippen molar-refractivity contribution in [3.63, 3.8) is 0 Å². The molecule has 23 heavy (non-hydrogen) atoms. The van der Waals surface area contributed by atoms with Gasteiger partial charge in [0.1, 0.15) is 0 Å². The quantitative estimate of drug-likeness (QED) is 0.790. The second-order valence-electron chi connectivity index (χ2n) is 6.65. The fourth-order valence-corrected chi connectivity index (χ4v) is 3.39. The summed E-state index contributed by atoms with van der Waals surface area (Å²) in [7, 11) is 0. The van der Waals surface area contributed by atoms with E-state index in [0.29, 0.717) is 23.4 Å². The number of halogens is 1. The summed E-state index contributed by atoms with van der Waals surface area (Å²) >= 11 is 6.06. The van der Waals surface area contributed by atoms with Crippen LogP contribution in [0.4, 0.5) is 0 Å². The van der Waals surface area contributed by atoms with Crippen LogP contribution in [-0.2, 0) is 4.79 Å². The molecule has 0 saturated carbocycles. The molecule has 122 valence electrons. The third-order valence-electron chi connectivity index (χ3n) is 4.47. The highest BCUT2D eigenvalue weighted by Gasteiger charge is 2.36. The molecule has 1 aromatic heterocycles. The van der Waals surface area contributed by atoms with E-state index in [1.54, 1.807) is 12.1 Å². The Morgan fingerprint density at radius 3 is 2.83 bits per heavy atom. The highest BCUT2D eigenvalue weighted by molar-refractivity contribution is 6.31. The number of benzene rings is 1. The van der Waals surface area contributed by atoms with Crippen LogP contribution in [0.5, 0.6) is 0 Å². The maximum atomic E-state index is 12.8. The zero-order valence-electron chi connectivity index (χ0n) is 13.4. The second kappa shape index (κ2) is 5.57. The Labute approximate surface area is 139 Å². The van der Waals surface area contributed by atoms with Gasteiger partial charge >= 0.3 is 0 Å². The first kappa shape index (κ1) is 15.9. The lowest BCUT2D eigenvalue weighted by molar-refractivity contribution is -0.125. The molecule has 1 atom stereocenters. The molecule has 2 amide bonds. The molecule has 1 unspecified atom stereocenters. The number of carbonyl (C=O) groups excluding carboxylic acids is 2. The molecule has 0 aliphatic carbocycles. The minimum Gasteiger partial charge on any atom is -0.358 e. The van der Waals surface area contributed by atoms with E-state index in [1.807, 2.05) is 26.8 Å². The van der Waals surface area contributed by atoms with Gasteiger partial charge in [0.15, 0.2) is 0 Å². The Bertz CT molecular complexity index is 794. The predicted octanol–water partition coefficient (Wildman–Crippen LogP) is 2.92. The molecule has 0 radical (unpaired) electrons. The van der Waals surface area contributed by atoms with Crippen LogP contribution in [0.3, 0.4) is 0 Å². The molecule has 3 N–H and O–H groups in total. The number of amides is 2. The van der Waals surface area contributed by atoms with Crippen LogP contribution in [0.2, 0.25) is 5.02 Å². The van der Waals surface area contributed by atoms with Crippen LogP contribution >= 0.6 is 11.6 Å². The molecular formula is C17H20ClN3O2. The molecule has 5 nitrogen and oxygen atoms in total. The molecule has 6 heteroatoms. The van der Waals surface area contributed by atoms with E-state index < -0.39 is 5.54 Å². The van der Waals surface area contributed by atoms with Crippen molar-refractivity contribution in [1.82, 2.24) is 15.6 Å².